The fraction of sp³-hybridized carbons (Fsp3) is 0.714. The van der Waals surface area contributed by atoms with Gasteiger partial charge in [0.15, 0.2) is 0 Å². The minimum Gasteiger partial charge on any atom is -0.472 e. The molecule has 1 aromatic heterocycles. The van der Waals surface area contributed by atoms with Gasteiger partial charge in [0.2, 0.25) is 0 Å². The molecule has 2 nitrogen and oxygen atoms in total. The molecule has 0 aromatic carbocycles. The predicted octanol–water partition coefficient (Wildman–Crippen LogP) is 3.41. The lowest BCUT2D eigenvalue weighted by molar-refractivity contribution is 0.161. The van der Waals surface area contributed by atoms with E-state index in [2.05, 4.69) is 25.2 Å². The van der Waals surface area contributed by atoms with E-state index < -0.39 is 0 Å². The molecular formula is C14H23NO. The maximum atomic E-state index is 5.24. The Labute approximate surface area is 98.4 Å². The molecule has 1 aliphatic carbocycles. The van der Waals surface area contributed by atoms with Crippen LogP contribution in [0.4, 0.5) is 0 Å². The van der Waals surface area contributed by atoms with E-state index in [-0.39, 0.29) is 0 Å². The van der Waals surface area contributed by atoms with Crippen LogP contribution in [0.15, 0.2) is 23.0 Å². The molecule has 2 heteroatoms. The van der Waals surface area contributed by atoms with Gasteiger partial charge in [0.05, 0.1) is 12.5 Å². The van der Waals surface area contributed by atoms with Gasteiger partial charge in [0.25, 0.3) is 0 Å². The molecule has 2 unspecified atom stereocenters. The molecule has 16 heavy (non-hydrogen) atoms. The van der Waals surface area contributed by atoms with Crippen LogP contribution in [0.3, 0.4) is 0 Å². The minimum atomic E-state index is 0.478. The summed E-state index contributed by atoms with van der Waals surface area (Å²) >= 11 is 0. The molecule has 2 rings (SSSR count). The Balaban J connectivity index is 2.15. The Morgan fingerprint density at radius 1 is 1.50 bits per heavy atom. The standard InChI is InChI=1S/C14H23NO/c1-14(2)6-4-11(9-15-3)13(8-14)12-5-7-16-10-12/h5,7,10-11,13,15H,4,6,8-9H2,1-3H3. The third-order valence-corrected chi connectivity index (χ3v) is 3.97. The molecule has 0 spiro atoms. The van der Waals surface area contributed by atoms with Crippen molar-refractivity contribution in [3.05, 3.63) is 24.2 Å². The van der Waals surface area contributed by atoms with E-state index in [1.54, 1.807) is 6.26 Å². The summed E-state index contributed by atoms with van der Waals surface area (Å²) in [6, 6.07) is 2.13. The third kappa shape index (κ3) is 2.49. The Hall–Kier alpha value is -0.760. The molecule has 1 saturated carbocycles. The van der Waals surface area contributed by atoms with Gasteiger partial charge < -0.3 is 9.73 Å². The van der Waals surface area contributed by atoms with Crippen molar-refractivity contribution >= 4 is 0 Å². The number of hydrogen-bond acceptors (Lipinski definition) is 2. The highest BCUT2D eigenvalue weighted by Gasteiger charge is 2.35. The molecule has 0 bridgehead atoms. The quantitative estimate of drug-likeness (QED) is 0.846. The van der Waals surface area contributed by atoms with Gasteiger partial charge in [-0.25, -0.2) is 0 Å². The van der Waals surface area contributed by atoms with Gasteiger partial charge >= 0.3 is 0 Å². The highest BCUT2D eigenvalue weighted by Crippen LogP contribution is 2.46. The van der Waals surface area contributed by atoms with E-state index in [1.807, 2.05) is 13.3 Å². The van der Waals surface area contributed by atoms with Gasteiger partial charge in [-0.1, -0.05) is 13.8 Å². The van der Waals surface area contributed by atoms with Crippen LogP contribution in [0, 0.1) is 11.3 Å². The zero-order valence-electron chi connectivity index (χ0n) is 10.6. The Bertz CT molecular complexity index is 315. The minimum absolute atomic E-state index is 0.478. The van der Waals surface area contributed by atoms with Crippen molar-refractivity contribution < 1.29 is 4.42 Å². The van der Waals surface area contributed by atoms with E-state index in [9.17, 15) is 0 Å². The van der Waals surface area contributed by atoms with Gasteiger partial charge in [-0.15, -0.1) is 0 Å². The summed E-state index contributed by atoms with van der Waals surface area (Å²) in [6.07, 6.45) is 7.67. The molecule has 0 saturated heterocycles. The van der Waals surface area contributed by atoms with Crippen molar-refractivity contribution in [3.8, 4) is 0 Å². The van der Waals surface area contributed by atoms with Crippen molar-refractivity contribution in [1.82, 2.24) is 5.32 Å². The van der Waals surface area contributed by atoms with Crippen LogP contribution >= 0.6 is 0 Å². The number of nitrogens with one attached hydrogen (secondary N) is 1. The molecule has 0 radical (unpaired) electrons. The Kier molecular flexibility index (Phi) is 3.38. The summed E-state index contributed by atoms with van der Waals surface area (Å²) < 4.78 is 5.24. The SMILES string of the molecule is CNCC1CCC(C)(C)CC1c1ccoc1. The zero-order valence-corrected chi connectivity index (χ0v) is 10.6. The highest BCUT2D eigenvalue weighted by molar-refractivity contribution is 5.16. The van der Waals surface area contributed by atoms with Crippen LogP contribution in [0.25, 0.3) is 0 Å². The van der Waals surface area contributed by atoms with Gasteiger partial charge in [-0.3, -0.25) is 0 Å². The molecular weight excluding hydrogens is 198 g/mol. The molecule has 0 amide bonds. The summed E-state index contributed by atoms with van der Waals surface area (Å²) in [4.78, 5) is 0. The summed E-state index contributed by atoms with van der Waals surface area (Å²) in [5, 5.41) is 3.33. The lowest BCUT2D eigenvalue weighted by atomic mass is 9.65. The first-order valence-electron chi connectivity index (χ1n) is 6.29. The van der Waals surface area contributed by atoms with Crippen LogP contribution in [-0.2, 0) is 0 Å². The molecule has 0 aliphatic heterocycles. The van der Waals surface area contributed by atoms with Crippen molar-refractivity contribution in [2.24, 2.45) is 11.3 Å². The molecule has 1 aromatic rings. The first-order valence-corrected chi connectivity index (χ1v) is 6.29. The van der Waals surface area contributed by atoms with Gasteiger partial charge in [0, 0.05) is 0 Å². The highest BCUT2D eigenvalue weighted by atomic mass is 16.3. The van der Waals surface area contributed by atoms with Gasteiger partial charge in [-0.2, -0.15) is 0 Å². The van der Waals surface area contributed by atoms with E-state index >= 15 is 0 Å². The van der Waals surface area contributed by atoms with Crippen LogP contribution in [0.1, 0.15) is 44.6 Å². The second-order valence-electron chi connectivity index (χ2n) is 5.89. The average Bonchev–Trinajstić information content (AvgIpc) is 2.74. The zero-order chi connectivity index (χ0) is 11.6. The number of furan rings is 1. The van der Waals surface area contributed by atoms with E-state index in [1.165, 1.54) is 24.8 Å². The van der Waals surface area contributed by atoms with Crippen LogP contribution in [0.2, 0.25) is 0 Å². The summed E-state index contributed by atoms with van der Waals surface area (Å²) in [6.45, 7) is 5.89. The number of rotatable bonds is 3. The third-order valence-electron chi connectivity index (χ3n) is 3.97. The lowest BCUT2D eigenvalue weighted by Crippen LogP contribution is -2.33. The molecule has 1 N–H and O–H groups in total. The normalized spacial score (nSPS) is 29.2. The summed E-state index contributed by atoms with van der Waals surface area (Å²) in [7, 11) is 2.05. The molecule has 1 heterocycles. The van der Waals surface area contributed by atoms with Gasteiger partial charge in [-0.05, 0) is 61.7 Å². The Morgan fingerprint density at radius 2 is 2.31 bits per heavy atom. The Morgan fingerprint density at radius 3 is 2.94 bits per heavy atom. The van der Waals surface area contributed by atoms with Crippen molar-refractivity contribution in [2.45, 2.75) is 39.0 Å². The monoisotopic (exact) mass is 221 g/mol. The second-order valence-corrected chi connectivity index (χ2v) is 5.89. The predicted molar refractivity (Wildman–Crippen MR) is 66.5 cm³/mol. The maximum absolute atomic E-state index is 5.24. The smallest absolute Gasteiger partial charge is 0.0937 e. The summed E-state index contributed by atoms with van der Waals surface area (Å²) in [5.74, 6) is 1.42. The molecule has 2 atom stereocenters. The number of hydrogen-bond donors (Lipinski definition) is 1. The van der Waals surface area contributed by atoms with E-state index in [0.29, 0.717) is 11.3 Å². The van der Waals surface area contributed by atoms with Crippen molar-refractivity contribution in [2.75, 3.05) is 13.6 Å². The summed E-state index contributed by atoms with van der Waals surface area (Å²) in [5.41, 5.74) is 1.86. The van der Waals surface area contributed by atoms with E-state index in [4.69, 9.17) is 4.42 Å². The molecule has 1 fully saturated rings. The van der Waals surface area contributed by atoms with Gasteiger partial charge in [0.1, 0.15) is 0 Å². The lowest BCUT2D eigenvalue weighted by Gasteiger charge is -2.40. The fourth-order valence-electron chi connectivity index (χ4n) is 3.02. The first kappa shape index (κ1) is 11.7. The second kappa shape index (κ2) is 4.62. The van der Waals surface area contributed by atoms with Crippen LogP contribution in [0.5, 0.6) is 0 Å². The van der Waals surface area contributed by atoms with Crippen molar-refractivity contribution in [3.63, 3.8) is 0 Å². The molecule has 1 aliphatic rings. The van der Waals surface area contributed by atoms with E-state index in [0.717, 1.165) is 12.5 Å². The topological polar surface area (TPSA) is 25.2 Å². The van der Waals surface area contributed by atoms with Crippen molar-refractivity contribution in [1.29, 1.82) is 0 Å². The largest absolute Gasteiger partial charge is 0.472 e. The van der Waals surface area contributed by atoms with Crippen LogP contribution in [-0.4, -0.2) is 13.6 Å². The molecule has 90 valence electrons. The maximum Gasteiger partial charge on any atom is 0.0937 e. The first-order chi connectivity index (χ1) is 7.62. The fourth-order valence-corrected chi connectivity index (χ4v) is 3.02. The van der Waals surface area contributed by atoms with Crippen LogP contribution < -0.4 is 5.32 Å². The average molecular weight is 221 g/mol.